The number of nitrogens with one attached hydrogen (secondary N) is 2. The van der Waals surface area contributed by atoms with Crippen molar-refractivity contribution in [3.63, 3.8) is 0 Å². The standard InChI is InChI=1S/C30H40ClN7O4S/c1-30(2)18-20(19-32-30)4-3-14-37-15-12-27(35-37)43(40,41)36-29(39)24-9-10-25(33-28(24)31)38-16-11-26(34-38)42-17-13-23(21-5-6-21)22-7-8-22/h9-12,15-16,20-23,32H,3-8,13-14,17-19H2,1-2H3,(H,36,39). The molecule has 0 bridgehead atoms. The number of hydrogen-bond acceptors (Lipinski definition) is 8. The molecule has 0 spiro atoms. The van der Waals surface area contributed by atoms with Gasteiger partial charge in [0.05, 0.1) is 12.2 Å². The number of rotatable bonds is 14. The molecule has 4 heterocycles. The first-order chi connectivity index (χ1) is 20.6. The lowest BCUT2D eigenvalue weighted by Gasteiger charge is -2.17. The monoisotopic (exact) mass is 629 g/mol. The largest absolute Gasteiger partial charge is 0.477 e. The van der Waals surface area contributed by atoms with Crippen molar-refractivity contribution in [3.05, 3.63) is 47.4 Å². The van der Waals surface area contributed by atoms with Crippen LogP contribution in [0.1, 0.15) is 75.6 Å². The lowest BCUT2D eigenvalue weighted by Crippen LogP contribution is -2.31. The third kappa shape index (κ3) is 7.58. The van der Waals surface area contributed by atoms with Gasteiger partial charge in [-0.05, 0) is 114 Å². The van der Waals surface area contributed by atoms with Gasteiger partial charge >= 0.3 is 0 Å². The number of carbonyl (C=O) groups excluding carboxylic acids is 1. The SMILES string of the molecule is CC1(C)CC(CCCn2ccc(S(=O)(=O)NC(=O)c3ccc(-n4ccc(OCCC(C5CC5)C5CC5)n4)nc3Cl)n2)CN1. The number of ether oxygens (including phenoxy) is 1. The van der Waals surface area contributed by atoms with Gasteiger partial charge in [0.2, 0.25) is 5.88 Å². The average Bonchev–Trinajstić information content (AvgIpc) is 3.85. The summed E-state index contributed by atoms with van der Waals surface area (Å²) in [7, 11) is -4.20. The van der Waals surface area contributed by atoms with E-state index in [0.717, 1.165) is 50.0 Å². The van der Waals surface area contributed by atoms with Crippen LogP contribution in [0, 0.1) is 23.7 Å². The van der Waals surface area contributed by atoms with Crippen LogP contribution in [-0.4, -0.2) is 57.6 Å². The summed E-state index contributed by atoms with van der Waals surface area (Å²) in [5.74, 6) is 3.12. The van der Waals surface area contributed by atoms with E-state index in [-0.39, 0.29) is 21.3 Å². The summed E-state index contributed by atoms with van der Waals surface area (Å²) in [6.45, 7) is 6.63. The molecule has 0 aromatic carbocycles. The Bertz CT molecular complexity index is 1550. The maximum absolute atomic E-state index is 12.9. The van der Waals surface area contributed by atoms with E-state index in [9.17, 15) is 13.2 Å². The Kier molecular flexibility index (Phi) is 8.54. The summed E-state index contributed by atoms with van der Waals surface area (Å²) < 4.78 is 36.8. The molecule has 43 heavy (non-hydrogen) atoms. The molecular weight excluding hydrogens is 590 g/mol. The van der Waals surface area contributed by atoms with E-state index in [1.165, 1.54) is 42.5 Å². The Morgan fingerprint density at radius 1 is 1.14 bits per heavy atom. The Hall–Kier alpha value is -2.96. The van der Waals surface area contributed by atoms with Crippen molar-refractivity contribution in [2.75, 3.05) is 13.2 Å². The van der Waals surface area contributed by atoms with Gasteiger partial charge < -0.3 is 10.1 Å². The maximum atomic E-state index is 12.9. The number of halogens is 1. The summed E-state index contributed by atoms with van der Waals surface area (Å²) in [5.41, 5.74) is 0.0937. The molecule has 13 heteroatoms. The molecule has 1 saturated heterocycles. The van der Waals surface area contributed by atoms with Gasteiger partial charge in [-0.1, -0.05) is 11.6 Å². The first kappa shape index (κ1) is 30.1. The molecular formula is C30H40ClN7O4S. The van der Waals surface area contributed by atoms with Gasteiger partial charge in [0.1, 0.15) is 5.15 Å². The zero-order chi connectivity index (χ0) is 30.2. The van der Waals surface area contributed by atoms with Crippen LogP contribution >= 0.6 is 11.6 Å². The van der Waals surface area contributed by atoms with Crippen molar-refractivity contribution in [1.29, 1.82) is 0 Å². The van der Waals surface area contributed by atoms with Gasteiger partial charge in [-0.3, -0.25) is 9.48 Å². The molecule has 1 amide bonds. The molecule has 3 aromatic heterocycles. The number of aromatic nitrogens is 5. The predicted molar refractivity (Wildman–Crippen MR) is 162 cm³/mol. The molecule has 2 aliphatic carbocycles. The van der Waals surface area contributed by atoms with Crippen molar-refractivity contribution in [1.82, 2.24) is 34.6 Å². The van der Waals surface area contributed by atoms with Crippen LogP contribution in [0.4, 0.5) is 0 Å². The van der Waals surface area contributed by atoms with Gasteiger partial charge in [-0.15, -0.1) is 5.10 Å². The molecule has 11 nitrogen and oxygen atoms in total. The van der Waals surface area contributed by atoms with Crippen molar-refractivity contribution in [2.45, 2.75) is 82.3 Å². The summed E-state index contributed by atoms with van der Waals surface area (Å²) >= 11 is 6.31. The summed E-state index contributed by atoms with van der Waals surface area (Å²) in [6.07, 6.45) is 12.8. The zero-order valence-electron chi connectivity index (χ0n) is 24.7. The second-order valence-corrected chi connectivity index (χ2v) is 14.9. The zero-order valence-corrected chi connectivity index (χ0v) is 26.3. The molecule has 1 unspecified atom stereocenters. The minimum Gasteiger partial charge on any atom is -0.477 e. The van der Waals surface area contributed by atoms with E-state index >= 15 is 0 Å². The van der Waals surface area contributed by atoms with Gasteiger partial charge in [0.25, 0.3) is 15.9 Å². The Balaban J connectivity index is 1.01. The van der Waals surface area contributed by atoms with E-state index in [1.807, 2.05) is 0 Å². The Morgan fingerprint density at radius 2 is 1.91 bits per heavy atom. The smallest absolute Gasteiger partial charge is 0.283 e. The van der Waals surface area contributed by atoms with Gasteiger partial charge in [0.15, 0.2) is 10.8 Å². The summed E-state index contributed by atoms with van der Waals surface area (Å²) in [6, 6.07) is 6.12. The van der Waals surface area contributed by atoms with Crippen LogP contribution in [-0.2, 0) is 16.6 Å². The average molecular weight is 630 g/mol. The number of carbonyl (C=O) groups is 1. The topological polar surface area (TPSA) is 133 Å². The fraction of sp³-hybridized carbons (Fsp3) is 0.600. The quantitative estimate of drug-likeness (QED) is 0.247. The van der Waals surface area contributed by atoms with Crippen LogP contribution in [0.2, 0.25) is 5.15 Å². The van der Waals surface area contributed by atoms with E-state index < -0.39 is 15.9 Å². The highest BCUT2D eigenvalue weighted by molar-refractivity contribution is 7.90. The van der Waals surface area contributed by atoms with Crippen LogP contribution in [0.5, 0.6) is 5.88 Å². The van der Waals surface area contributed by atoms with Crippen molar-refractivity contribution in [3.8, 4) is 11.7 Å². The van der Waals surface area contributed by atoms with E-state index in [4.69, 9.17) is 16.3 Å². The Labute approximate surface area is 257 Å². The molecule has 232 valence electrons. The first-order valence-electron chi connectivity index (χ1n) is 15.3. The van der Waals surface area contributed by atoms with Gasteiger partial charge in [0, 0.05) is 30.5 Å². The molecule has 2 N–H and O–H groups in total. The third-order valence-electron chi connectivity index (χ3n) is 8.82. The highest BCUT2D eigenvalue weighted by Crippen LogP contribution is 2.50. The van der Waals surface area contributed by atoms with Crippen LogP contribution in [0.3, 0.4) is 0 Å². The van der Waals surface area contributed by atoms with Crippen molar-refractivity contribution >= 4 is 27.5 Å². The fourth-order valence-corrected chi connectivity index (χ4v) is 7.46. The second kappa shape index (κ2) is 12.2. The van der Waals surface area contributed by atoms with Crippen LogP contribution in [0.25, 0.3) is 5.82 Å². The molecule has 3 aliphatic rings. The second-order valence-electron chi connectivity index (χ2n) is 12.9. The lowest BCUT2D eigenvalue weighted by atomic mass is 9.94. The lowest BCUT2D eigenvalue weighted by molar-refractivity contribution is 0.0981. The molecule has 3 aromatic rings. The van der Waals surface area contributed by atoms with Gasteiger partial charge in [-0.2, -0.15) is 13.5 Å². The summed E-state index contributed by atoms with van der Waals surface area (Å²) in [5, 5.41) is 11.8. The minimum absolute atomic E-state index is 0.0728. The minimum atomic E-state index is -4.20. The predicted octanol–water partition coefficient (Wildman–Crippen LogP) is 4.61. The third-order valence-corrected chi connectivity index (χ3v) is 10.3. The van der Waals surface area contributed by atoms with E-state index in [2.05, 4.69) is 39.1 Å². The number of hydrogen-bond donors (Lipinski definition) is 2. The maximum Gasteiger partial charge on any atom is 0.283 e. The molecule has 1 aliphatic heterocycles. The van der Waals surface area contributed by atoms with E-state index in [0.29, 0.717) is 30.8 Å². The molecule has 6 rings (SSSR count). The van der Waals surface area contributed by atoms with Crippen LogP contribution < -0.4 is 14.8 Å². The number of aryl methyl sites for hydroxylation is 1. The Morgan fingerprint density at radius 3 is 2.58 bits per heavy atom. The number of sulfonamides is 1. The summed E-state index contributed by atoms with van der Waals surface area (Å²) in [4.78, 5) is 17.1. The molecule has 3 fully saturated rings. The van der Waals surface area contributed by atoms with E-state index in [1.54, 1.807) is 29.2 Å². The molecule has 1 atom stereocenters. The van der Waals surface area contributed by atoms with Crippen LogP contribution in [0.15, 0.2) is 41.7 Å². The highest BCUT2D eigenvalue weighted by atomic mass is 35.5. The number of amides is 1. The van der Waals surface area contributed by atoms with Crippen molar-refractivity contribution < 1.29 is 17.9 Å². The van der Waals surface area contributed by atoms with Crippen molar-refractivity contribution in [2.24, 2.45) is 23.7 Å². The first-order valence-corrected chi connectivity index (χ1v) is 17.1. The molecule has 0 radical (unpaired) electrons. The number of pyridine rings is 1. The fourth-order valence-electron chi connectivity index (χ4n) is 6.31. The normalized spacial score (nSPS) is 20.0. The molecule has 2 saturated carbocycles. The number of nitrogens with zero attached hydrogens (tertiary/aromatic N) is 5. The van der Waals surface area contributed by atoms with Gasteiger partial charge in [-0.25, -0.2) is 14.4 Å². The highest BCUT2D eigenvalue weighted by Gasteiger charge is 2.41.